The molecule has 2 amide bonds. The van der Waals surface area contributed by atoms with E-state index in [1.54, 1.807) is 20.8 Å². The summed E-state index contributed by atoms with van der Waals surface area (Å²) in [5, 5.41) is 12.6. The molecule has 0 aromatic heterocycles. The molecule has 2 atom stereocenters. The first-order valence-electron chi connectivity index (χ1n) is 6.24. The molecule has 7 heteroatoms. The third-order valence-electron chi connectivity index (χ3n) is 2.70. The summed E-state index contributed by atoms with van der Waals surface area (Å²) < 4.78 is 5.23. The van der Waals surface area contributed by atoms with Crippen LogP contribution in [0.3, 0.4) is 0 Å². The van der Waals surface area contributed by atoms with Gasteiger partial charge in [0.15, 0.2) is 0 Å². The van der Waals surface area contributed by atoms with Crippen LogP contribution in [0.4, 0.5) is 4.79 Å². The van der Waals surface area contributed by atoms with Crippen molar-refractivity contribution in [2.24, 2.45) is 0 Å². The molecule has 1 rings (SSSR count). The fourth-order valence-corrected chi connectivity index (χ4v) is 1.91. The number of amides is 2. The summed E-state index contributed by atoms with van der Waals surface area (Å²) in [6, 6.07) is -0.370. The van der Waals surface area contributed by atoms with E-state index in [-0.39, 0.29) is 24.4 Å². The number of ether oxygens (including phenoxy) is 1. The zero-order valence-electron chi connectivity index (χ0n) is 11.5. The van der Waals surface area contributed by atoms with Crippen molar-refractivity contribution in [2.75, 3.05) is 19.0 Å². The number of halogens is 1. The molecule has 1 fully saturated rings. The zero-order chi connectivity index (χ0) is 14.6. The van der Waals surface area contributed by atoms with Gasteiger partial charge < -0.3 is 20.1 Å². The molecular formula is C12H21ClN2O4. The summed E-state index contributed by atoms with van der Waals surface area (Å²) in [7, 11) is 0. The van der Waals surface area contributed by atoms with Gasteiger partial charge in [0, 0.05) is 6.54 Å². The van der Waals surface area contributed by atoms with Gasteiger partial charge in [-0.05, 0) is 27.2 Å². The van der Waals surface area contributed by atoms with Gasteiger partial charge in [-0.15, -0.1) is 11.6 Å². The Kier molecular flexibility index (Phi) is 5.43. The van der Waals surface area contributed by atoms with Gasteiger partial charge >= 0.3 is 6.09 Å². The van der Waals surface area contributed by atoms with E-state index in [1.807, 2.05) is 0 Å². The number of aliphatic hydroxyl groups is 1. The largest absolute Gasteiger partial charge is 0.444 e. The highest BCUT2D eigenvalue weighted by Gasteiger charge is 2.32. The smallest absolute Gasteiger partial charge is 0.410 e. The van der Waals surface area contributed by atoms with E-state index in [9.17, 15) is 14.7 Å². The Hall–Kier alpha value is -1.01. The summed E-state index contributed by atoms with van der Waals surface area (Å²) in [4.78, 5) is 24.4. The molecule has 0 bridgehead atoms. The molecule has 110 valence electrons. The Bertz CT molecular complexity index is 343. The van der Waals surface area contributed by atoms with Gasteiger partial charge in [0.2, 0.25) is 5.91 Å². The maximum Gasteiger partial charge on any atom is 0.410 e. The van der Waals surface area contributed by atoms with Gasteiger partial charge in [0.05, 0.1) is 18.7 Å². The third-order valence-corrected chi connectivity index (χ3v) is 2.94. The van der Waals surface area contributed by atoms with Crippen molar-refractivity contribution in [1.82, 2.24) is 10.2 Å². The molecule has 1 heterocycles. The van der Waals surface area contributed by atoms with E-state index in [1.165, 1.54) is 4.90 Å². The maximum absolute atomic E-state index is 11.8. The number of piperidine rings is 1. The van der Waals surface area contributed by atoms with Crippen molar-refractivity contribution in [3.63, 3.8) is 0 Å². The number of alkyl halides is 1. The normalized spacial score (nSPS) is 23.9. The molecule has 19 heavy (non-hydrogen) atoms. The second-order valence-electron chi connectivity index (χ2n) is 5.59. The second kappa shape index (κ2) is 6.43. The number of hydrogen-bond acceptors (Lipinski definition) is 4. The van der Waals surface area contributed by atoms with Gasteiger partial charge in [0.1, 0.15) is 11.5 Å². The molecule has 6 nitrogen and oxygen atoms in total. The third kappa shape index (κ3) is 5.24. The highest BCUT2D eigenvalue weighted by Crippen LogP contribution is 2.16. The van der Waals surface area contributed by atoms with E-state index in [2.05, 4.69) is 5.32 Å². The predicted molar refractivity (Wildman–Crippen MR) is 71.1 cm³/mol. The maximum atomic E-state index is 11.8. The van der Waals surface area contributed by atoms with E-state index in [0.717, 1.165) is 0 Å². The molecule has 0 aromatic carbocycles. The molecule has 1 aliphatic rings. The highest BCUT2D eigenvalue weighted by molar-refractivity contribution is 6.27. The standard InChI is InChI=1S/C12H21ClN2O4/c1-12(2,3)19-11(18)15-5-4-8(9(16)7-15)14-10(17)6-13/h8-9,16H,4-7H2,1-3H3,(H,14,17)/t8?,9-/m0/s1. The monoisotopic (exact) mass is 292 g/mol. The molecule has 0 aliphatic carbocycles. The van der Waals surface area contributed by atoms with Crippen molar-refractivity contribution < 1.29 is 19.4 Å². The summed E-state index contributed by atoms with van der Waals surface area (Å²) in [5.74, 6) is -0.463. The predicted octanol–water partition coefficient (Wildman–Crippen LogP) is 0.712. The average molecular weight is 293 g/mol. The molecular weight excluding hydrogens is 272 g/mol. The minimum absolute atomic E-state index is 0.140. The van der Waals surface area contributed by atoms with Crippen LogP contribution in [0.15, 0.2) is 0 Å². The topological polar surface area (TPSA) is 78.9 Å². The van der Waals surface area contributed by atoms with Crippen molar-refractivity contribution in [3.8, 4) is 0 Å². The van der Waals surface area contributed by atoms with Crippen LogP contribution in [0.25, 0.3) is 0 Å². The van der Waals surface area contributed by atoms with Gasteiger partial charge in [-0.1, -0.05) is 0 Å². The lowest BCUT2D eigenvalue weighted by molar-refractivity contribution is -0.120. The highest BCUT2D eigenvalue weighted by atomic mass is 35.5. The summed E-state index contributed by atoms with van der Waals surface area (Å²) >= 11 is 5.39. The minimum atomic E-state index is -0.812. The van der Waals surface area contributed by atoms with Gasteiger partial charge in [0.25, 0.3) is 0 Å². The van der Waals surface area contributed by atoms with Crippen molar-refractivity contribution in [1.29, 1.82) is 0 Å². The lowest BCUT2D eigenvalue weighted by Gasteiger charge is -2.36. The van der Waals surface area contributed by atoms with Gasteiger partial charge in [-0.3, -0.25) is 4.79 Å². The van der Waals surface area contributed by atoms with Crippen LogP contribution < -0.4 is 5.32 Å². The molecule has 1 unspecified atom stereocenters. The van der Waals surface area contributed by atoms with Crippen LogP contribution in [0.1, 0.15) is 27.2 Å². The fraction of sp³-hybridized carbons (Fsp3) is 0.833. The Balaban J connectivity index is 2.49. The van der Waals surface area contributed by atoms with Gasteiger partial charge in [-0.25, -0.2) is 4.79 Å². The number of likely N-dealkylation sites (tertiary alicyclic amines) is 1. The summed E-state index contributed by atoms with van der Waals surface area (Å²) in [6.45, 7) is 5.93. The van der Waals surface area contributed by atoms with Crippen molar-refractivity contribution >= 4 is 23.6 Å². The van der Waals surface area contributed by atoms with Crippen LogP contribution in [0, 0.1) is 0 Å². The second-order valence-corrected chi connectivity index (χ2v) is 5.86. The van der Waals surface area contributed by atoms with E-state index >= 15 is 0 Å². The van der Waals surface area contributed by atoms with Gasteiger partial charge in [-0.2, -0.15) is 0 Å². The van der Waals surface area contributed by atoms with E-state index in [4.69, 9.17) is 16.3 Å². The number of carbonyl (C=O) groups is 2. The molecule has 0 aromatic rings. The van der Waals surface area contributed by atoms with Crippen LogP contribution in [-0.2, 0) is 9.53 Å². The molecule has 0 radical (unpaired) electrons. The fourth-order valence-electron chi connectivity index (χ4n) is 1.84. The van der Waals surface area contributed by atoms with Crippen molar-refractivity contribution in [3.05, 3.63) is 0 Å². The van der Waals surface area contributed by atoms with E-state index < -0.39 is 17.8 Å². The Morgan fingerprint density at radius 3 is 2.58 bits per heavy atom. The van der Waals surface area contributed by atoms with Crippen LogP contribution >= 0.6 is 11.6 Å². The number of hydrogen-bond donors (Lipinski definition) is 2. The summed E-state index contributed by atoms with van der Waals surface area (Å²) in [5.41, 5.74) is -0.564. The molecule has 1 aliphatic heterocycles. The van der Waals surface area contributed by atoms with Crippen LogP contribution in [0.2, 0.25) is 0 Å². The molecule has 1 saturated heterocycles. The van der Waals surface area contributed by atoms with Crippen molar-refractivity contribution in [2.45, 2.75) is 44.9 Å². The van der Waals surface area contributed by atoms with Crippen LogP contribution in [-0.4, -0.2) is 58.7 Å². The Morgan fingerprint density at radius 1 is 1.47 bits per heavy atom. The zero-order valence-corrected chi connectivity index (χ0v) is 12.2. The Labute approximate surface area is 118 Å². The van der Waals surface area contributed by atoms with E-state index in [0.29, 0.717) is 13.0 Å². The van der Waals surface area contributed by atoms with Crippen LogP contribution in [0.5, 0.6) is 0 Å². The minimum Gasteiger partial charge on any atom is -0.444 e. The number of β-amino-alcohol motifs (C(OH)–C–C–N with tert-alkyl or cyclic N) is 1. The Morgan fingerprint density at radius 2 is 2.11 bits per heavy atom. The first kappa shape index (κ1) is 16.0. The first-order chi connectivity index (χ1) is 8.73. The molecule has 0 spiro atoms. The SMILES string of the molecule is CC(C)(C)OC(=O)N1CCC(NC(=O)CCl)[C@@H](O)C1. The lowest BCUT2D eigenvalue weighted by Crippen LogP contribution is -2.56. The first-order valence-corrected chi connectivity index (χ1v) is 6.77. The molecule has 0 saturated carbocycles. The quantitative estimate of drug-likeness (QED) is 0.735. The number of aliphatic hydroxyl groups excluding tert-OH is 1. The number of carbonyl (C=O) groups excluding carboxylic acids is 2. The molecule has 2 N–H and O–H groups in total. The lowest BCUT2D eigenvalue weighted by atomic mass is 10.0. The number of nitrogens with zero attached hydrogens (tertiary/aromatic N) is 1. The summed E-state index contributed by atoms with van der Waals surface area (Å²) in [6.07, 6.45) is -0.787. The number of rotatable bonds is 2. The average Bonchev–Trinajstić information content (AvgIpc) is 2.29. The number of nitrogens with one attached hydrogen (secondary N) is 1.